The van der Waals surface area contributed by atoms with Gasteiger partial charge in [-0.3, -0.25) is 4.79 Å². The molecule has 0 saturated carbocycles. The molecular formula is C12H14O6. The molecular weight excluding hydrogens is 240 g/mol. The Labute approximate surface area is 104 Å². The summed E-state index contributed by atoms with van der Waals surface area (Å²) in [6.07, 6.45) is 0. The van der Waals surface area contributed by atoms with E-state index in [1.54, 1.807) is 30.3 Å². The maximum Gasteiger partial charge on any atom is 0.338 e. The van der Waals surface area contributed by atoms with E-state index in [1.165, 1.54) is 0 Å². The average Bonchev–Trinajstić information content (AvgIpc) is 2.41. The van der Waals surface area contributed by atoms with E-state index in [2.05, 4.69) is 4.89 Å². The second-order valence-electron chi connectivity index (χ2n) is 3.55. The van der Waals surface area contributed by atoms with Gasteiger partial charge in [0.05, 0.1) is 5.56 Å². The lowest BCUT2D eigenvalue weighted by molar-refractivity contribution is -0.385. The number of carbonyl (C=O) groups is 2. The third-order valence-corrected chi connectivity index (χ3v) is 2.42. The number of rotatable bonds is 6. The van der Waals surface area contributed by atoms with Crippen molar-refractivity contribution in [3.05, 3.63) is 35.9 Å². The monoisotopic (exact) mass is 254 g/mol. The molecule has 0 aliphatic carbocycles. The summed E-state index contributed by atoms with van der Waals surface area (Å²) in [5, 5.41) is 8.69. The SMILES string of the molecule is COC(COC(=O)c1ccccc1)(OO)C(C)=O. The molecule has 0 amide bonds. The zero-order valence-electron chi connectivity index (χ0n) is 10.1. The van der Waals surface area contributed by atoms with Gasteiger partial charge in [0, 0.05) is 14.0 Å². The Morgan fingerprint density at radius 3 is 2.33 bits per heavy atom. The second kappa shape index (κ2) is 6.25. The number of methoxy groups -OCH3 is 1. The molecule has 0 bridgehead atoms. The largest absolute Gasteiger partial charge is 0.456 e. The molecule has 1 aromatic rings. The van der Waals surface area contributed by atoms with Crippen molar-refractivity contribution >= 4 is 11.8 Å². The van der Waals surface area contributed by atoms with Gasteiger partial charge in [-0.05, 0) is 12.1 Å². The normalized spacial score (nSPS) is 13.7. The van der Waals surface area contributed by atoms with Crippen LogP contribution in [0.15, 0.2) is 30.3 Å². The lowest BCUT2D eigenvalue weighted by Gasteiger charge is -2.24. The molecule has 0 aromatic heterocycles. The van der Waals surface area contributed by atoms with Crippen LogP contribution in [0.25, 0.3) is 0 Å². The van der Waals surface area contributed by atoms with E-state index < -0.39 is 24.1 Å². The Morgan fingerprint density at radius 1 is 1.28 bits per heavy atom. The molecule has 0 aliphatic rings. The first-order chi connectivity index (χ1) is 8.55. The van der Waals surface area contributed by atoms with Gasteiger partial charge in [0.1, 0.15) is 0 Å². The third-order valence-electron chi connectivity index (χ3n) is 2.42. The van der Waals surface area contributed by atoms with Gasteiger partial charge in [-0.1, -0.05) is 18.2 Å². The van der Waals surface area contributed by atoms with Gasteiger partial charge in [0.2, 0.25) is 0 Å². The molecule has 1 aromatic carbocycles. The van der Waals surface area contributed by atoms with Crippen molar-refractivity contribution in [1.82, 2.24) is 0 Å². The van der Waals surface area contributed by atoms with Crippen LogP contribution in [0, 0.1) is 0 Å². The summed E-state index contributed by atoms with van der Waals surface area (Å²) in [5.74, 6) is -3.24. The predicted molar refractivity (Wildman–Crippen MR) is 60.9 cm³/mol. The lowest BCUT2D eigenvalue weighted by atomic mass is 10.2. The Morgan fingerprint density at radius 2 is 1.89 bits per heavy atom. The zero-order chi connectivity index (χ0) is 13.6. The van der Waals surface area contributed by atoms with E-state index in [4.69, 9.17) is 14.7 Å². The summed E-state index contributed by atoms with van der Waals surface area (Å²) >= 11 is 0. The van der Waals surface area contributed by atoms with Gasteiger partial charge in [-0.2, -0.15) is 4.89 Å². The maximum absolute atomic E-state index is 11.6. The van der Waals surface area contributed by atoms with E-state index in [-0.39, 0.29) is 0 Å². The van der Waals surface area contributed by atoms with Gasteiger partial charge in [-0.25, -0.2) is 10.1 Å². The van der Waals surface area contributed by atoms with Crippen molar-refractivity contribution in [3.8, 4) is 0 Å². The van der Waals surface area contributed by atoms with Crippen molar-refractivity contribution in [1.29, 1.82) is 0 Å². The van der Waals surface area contributed by atoms with Crippen molar-refractivity contribution in [2.24, 2.45) is 0 Å². The number of esters is 1. The first-order valence-corrected chi connectivity index (χ1v) is 5.16. The van der Waals surface area contributed by atoms with Crippen LogP contribution in [0.4, 0.5) is 0 Å². The van der Waals surface area contributed by atoms with Crippen LogP contribution in [-0.2, 0) is 19.2 Å². The highest BCUT2D eigenvalue weighted by Crippen LogP contribution is 2.14. The van der Waals surface area contributed by atoms with Crippen LogP contribution in [0.2, 0.25) is 0 Å². The fraction of sp³-hybridized carbons (Fsp3) is 0.333. The molecule has 1 N–H and O–H groups in total. The number of hydrogen-bond acceptors (Lipinski definition) is 6. The zero-order valence-corrected chi connectivity index (χ0v) is 10.1. The molecule has 0 aliphatic heterocycles. The molecule has 0 radical (unpaired) electrons. The smallest absolute Gasteiger partial charge is 0.338 e. The number of Topliss-reactive ketones (excluding diaryl/α,β-unsaturated/α-hetero) is 1. The van der Waals surface area contributed by atoms with E-state index in [0.29, 0.717) is 5.56 Å². The molecule has 18 heavy (non-hydrogen) atoms. The summed E-state index contributed by atoms with van der Waals surface area (Å²) in [4.78, 5) is 26.9. The Balaban J connectivity index is 2.69. The highest BCUT2D eigenvalue weighted by atomic mass is 17.1. The van der Waals surface area contributed by atoms with Gasteiger partial charge in [-0.15, -0.1) is 0 Å². The minimum absolute atomic E-state index is 0.323. The molecule has 0 heterocycles. The van der Waals surface area contributed by atoms with Crippen LogP contribution in [0.5, 0.6) is 0 Å². The van der Waals surface area contributed by atoms with Crippen LogP contribution in [0.1, 0.15) is 17.3 Å². The van der Waals surface area contributed by atoms with Crippen molar-refractivity contribution in [3.63, 3.8) is 0 Å². The molecule has 0 saturated heterocycles. The fourth-order valence-corrected chi connectivity index (χ4v) is 1.25. The summed E-state index contributed by atoms with van der Waals surface area (Å²) < 4.78 is 9.60. The van der Waals surface area contributed by atoms with E-state index in [1.807, 2.05) is 0 Å². The first kappa shape index (κ1) is 14.3. The van der Waals surface area contributed by atoms with Crippen molar-refractivity contribution in [2.45, 2.75) is 12.7 Å². The second-order valence-corrected chi connectivity index (χ2v) is 3.55. The molecule has 98 valence electrons. The minimum atomic E-state index is -1.98. The van der Waals surface area contributed by atoms with E-state index in [9.17, 15) is 9.59 Å². The van der Waals surface area contributed by atoms with E-state index in [0.717, 1.165) is 14.0 Å². The molecule has 6 heteroatoms. The summed E-state index contributed by atoms with van der Waals surface area (Å²) in [6, 6.07) is 8.22. The quantitative estimate of drug-likeness (QED) is 0.356. The first-order valence-electron chi connectivity index (χ1n) is 5.16. The standard InChI is InChI=1S/C12H14O6/c1-9(13)12(16-2,18-15)8-17-11(14)10-6-4-3-5-7-10/h3-7,15H,8H2,1-2H3. The molecule has 1 atom stereocenters. The molecule has 1 unspecified atom stereocenters. The van der Waals surface area contributed by atoms with Crippen LogP contribution in [0.3, 0.4) is 0 Å². The Kier molecular flexibility index (Phi) is 4.96. The van der Waals surface area contributed by atoms with Crippen molar-refractivity contribution in [2.75, 3.05) is 13.7 Å². The molecule has 0 fully saturated rings. The van der Waals surface area contributed by atoms with Crippen LogP contribution < -0.4 is 0 Å². The van der Waals surface area contributed by atoms with Gasteiger partial charge in [0.25, 0.3) is 5.79 Å². The third kappa shape index (κ3) is 3.13. The molecule has 0 spiro atoms. The van der Waals surface area contributed by atoms with Crippen LogP contribution in [-0.4, -0.2) is 36.5 Å². The highest BCUT2D eigenvalue weighted by molar-refractivity contribution is 5.90. The van der Waals surface area contributed by atoms with E-state index >= 15 is 0 Å². The topological polar surface area (TPSA) is 82.1 Å². The molecule has 1 rings (SSSR count). The Bertz CT molecular complexity index is 410. The lowest BCUT2D eigenvalue weighted by Crippen LogP contribution is -2.46. The summed E-state index contributed by atoms with van der Waals surface area (Å²) in [5.41, 5.74) is 0.323. The fourth-order valence-electron chi connectivity index (χ4n) is 1.25. The number of hydrogen-bond donors (Lipinski definition) is 1. The average molecular weight is 254 g/mol. The van der Waals surface area contributed by atoms with Crippen LogP contribution >= 0.6 is 0 Å². The maximum atomic E-state index is 11.6. The predicted octanol–water partition coefficient (Wildman–Crippen LogP) is 1.26. The number of carbonyl (C=O) groups excluding carboxylic acids is 2. The number of benzene rings is 1. The summed E-state index contributed by atoms with van der Waals surface area (Å²) in [6.45, 7) is 0.610. The van der Waals surface area contributed by atoms with Crippen molar-refractivity contribution < 1.29 is 29.2 Å². The highest BCUT2D eigenvalue weighted by Gasteiger charge is 2.39. The summed E-state index contributed by atoms with van der Waals surface area (Å²) in [7, 11) is 1.16. The molecule has 6 nitrogen and oxygen atoms in total. The number of ketones is 1. The number of ether oxygens (including phenoxy) is 2. The van der Waals surface area contributed by atoms with Gasteiger partial charge < -0.3 is 9.47 Å². The van der Waals surface area contributed by atoms with Gasteiger partial charge >= 0.3 is 5.97 Å². The Hall–Kier alpha value is -1.76. The minimum Gasteiger partial charge on any atom is -0.456 e. The van der Waals surface area contributed by atoms with Gasteiger partial charge in [0.15, 0.2) is 12.4 Å².